The van der Waals surface area contributed by atoms with Gasteiger partial charge in [0, 0.05) is 22.2 Å². The Morgan fingerprint density at radius 1 is 1.37 bits per heavy atom. The van der Waals surface area contributed by atoms with Crippen LogP contribution in [0.25, 0.3) is 0 Å². The Labute approximate surface area is 121 Å². The first-order valence-electron chi connectivity index (χ1n) is 5.72. The predicted molar refractivity (Wildman–Crippen MR) is 75.7 cm³/mol. The van der Waals surface area contributed by atoms with Gasteiger partial charge in [-0.25, -0.2) is 0 Å². The first kappa shape index (κ1) is 14.0. The minimum atomic E-state index is -0.829. The number of benzene rings is 1. The normalized spacial score (nSPS) is 18.7. The molecule has 0 radical (unpaired) electrons. The standard InChI is InChI=1S/C14H12Cl2N2O/c1-8-10(7-17)5-9(14(19)18-8)6-11-12(15)3-2-4-13(11)16/h2-5,14,18-19H,6H2,1H3. The number of nitrogens with zero attached hydrogens (tertiary/aromatic N) is 1. The summed E-state index contributed by atoms with van der Waals surface area (Å²) in [5.74, 6) is 0. The number of hydrogen-bond donors (Lipinski definition) is 2. The lowest BCUT2D eigenvalue weighted by atomic mass is 9.98. The number of aliphatic hydroxyl groups is 1. The van der Waals surface area contributed by atoms with Crippen LogP contribution in [0.1, 0.15) is 12.5 Å². The van der Waals surface area contributed by atoms with E-state index in [9.17, 15) is 5.11 Å². The van der Waals surface area contributed by atoms with E-state index in [1.165, 1.54) is 0 Å². The summed E-state index contributed by atoms with van der Waals surface area (Å²) in [6.07, 6.45) is 1.24. The van der Waals surface area contributed by atoms with Crippen molar-refractivity contribution in [1.82, 2.24) is 5.32 Å². The number of dihydropyridines is 1. The van der Waals surface area contributed by atoms with E-state index in [1.54, 1.807) is 31.2 Å². The molecule has 0 spiro atoms. The third-order valence-corrected chi connectivity index (χ3v) is 3.71. The highest BCUT2D eigenvalue weighted by atomic mass is 35.5. The molecule has 3 nitrogen and oxygen atoms in total. The van der Waals surface area contributed by atoms with Gasteiger partial charge in [0.15, 0.2) is 0 Å². The Morgan fingerprint density at radius 3 is 2.58 bits per heavy atom. The summed E-state index contributed by atoms with van der Waals surface area (Å²) >= 11 is 12.2. The molecule has 1 aliphatic rings. The molecule has 98 valence electrons. The van der Waals surface area contributed by atoms with Gasteiger partial charge in [0.25, 0.3) is 0 Å². The molecule has 5 heteroatoms. The van der Waals surface area contributed by atoms with Crippen LogP contribution >= 0.6 is 23.2 Å². The van der Waals surface area contributed by atoms with Gasteiger partial charge in [0.1, 0.15) is 12.3 Å². The largest absolute Gasteiger partial charge is 0.370 e. The molecular formula is C14H12Cl2N2O. The Hall–Kier alpha value is -1.47. The monoisotopic (exact) mass is 294 g/mol. The fraction of sp³-hybridized carbons (Fsp3) is 0.214. The number of nitriles is 1. The van der Waals surface area contributed by atoms with Crippen LogP contribution in [0.4, 0.5) is 0 Å². The number of allylic oxidation sites excluding steroid dienone is 3. The zero-order valence-electron chi connectivity index (χ0n) is 10.2. The van der Waals surface area contributed by atoms with E-state index in [1.807, 2.05) is 0 Å². The van der Waals surface area contributed by atoms with Crippen LogP contribution in [-0.2, 0) is 6.42 Å². The zero-order chi connectivity index (χ0) is 14.0. The van der Waals surface area contributed by atoms with Gasteiger partial charge in [0.2, 0.25) is 0 Å². The lowest BCUT2D eigenvalue weighted by molar-refractivity contribution is 0.180. The zero-order valence-corrected chi connectivity index (χ0v) is 11.8. The smallest absolute Gasteiger partial charge is 0.147 e. The van der Waals surface area contributed by atoms with Crippen LogP contribution in [0.5, 0.6) is 0 Å². The third-order valence-electron chi connectivity index (χ3n) is 3.00. The van der Waals surface area contributed by atoms with Gasteiger partial charge in [-0.05, 0) is 36.3 Å². The number of nitrogens with one attached hydrogen (secondary N) is 1. The van der Waals surface area contributed by atoms with Gasteiger partial charge in [-0.3, -0.25) is 0 Å². The lowest BCUT2D eigenvalue weighted by Crippen LogP contribution is -2.33. The SMILES string of the molecule is CC1=C(C#N)C=C(Cc2c(Cl)cccc2Cl)C(O)N1. The molecule has 0 amide bonds. The summed E-state index contributed by atoms with van der Waals surface area (Å²) in [5.41, 5.74) is 2.57. The van der Waals surface area contributed by atoms with E-state index in [0.29, 0.717) is 33.3 Å². The number of halogens is 2. The van der Waals surface area contributed by atoms with Crippen molar-refractivity contribution >= 4 is 23.2 Å². The molecule has 0 fully saturated rings. The maximum Gasteiger partial charge on any atom is 0.147 e. The molecule has 1 heterocycles. The Kier molecular flexibility index (Phi) is 4.16. The second kappa shape index (κ2) is 5.66. The molecule has 1 unspecified atom stereocenters. The molecule has 1 aromatic carbocycles. The second-order valence-corrected chi connectivity index (χ2v) is 5.11. The van der Waals surface area contributed by atoms with Crippen LogP contribution in [0, 0.1) is 11.3 Å². The second-order valence-electron chi connectivity index (χ2n) is 4.29. The minimum absolute atomic E-state index is 0.394. The van der Waals surface area contributed by atoms with Crippen LogP contribution < -0.4 is 5.32 Å². The van der Waals surface area contributed by atoms with Gasteiger partial charge >= 0.3 is 0 Å². The highest BCUT2D eigenvalue weighted by Crippen LogP contribution is 2.29. The third kappa shape index (κ3) is 2.93. The number of rotatable bonds is 2. The molecule has 19 heavy (non-hydrogen) atoms. The van der Waals surface area contributed by atoms with Gasteiger partial charge < -0.3 is 10.4 Å². The van der Waals surface area contributed by atoms with Crippen LogP contribution in [0.15, 0.2) is 41.1 Å². The van der Waals surface area contributed by atoms with Crippen LogP contribution in [-0.4, -0.2) is 11.3 Å². The van der Waals surface area contributed by atoms with E-state index in [0.717, 1.165) is 5.56 Å². The maximum atomic E-state index is 9.99. The van der Waals surface area contributed by atoms with E-state index < -0.39 is 6.23 Å². The molecule has 0 aliphatic carbocycles. The quantitative estimate of drug-likeness (QED) is 0.881. The average molecular weight is 295 g/mol. The fourth-order valence-electron chi connectivity index (χ4n) is 1.92. The number of hydrogen-bond acceptors (Lipinski definition) is 3. The van der Waals surface area contributed by atoms with Crippen molar-refractivity contribution in [2.45, 2.75) is 19.6 Å². The van der Waals surface area contributed by atoms with Crippen molar-refractivity contribution in [3.63, 3.8) is 0 Å². The molecule has 2 N–H and O–H groups in total. The van der Waals surface area contributed by atoms with E-state index in [-0.39, 0.29) is 0 Å². The van der Waals surface area contributed by atoms with Gasteiger partial charge in [0.05, 0.1) is 5.57 Å². The summed E-state index contributed by atoms with van der Waals surface area (Å²) in [7, 11) is 0. The molecular weight excluding hydrogens is 283 g/mol. The molecule has 0 bridgehead atoms. The summed E-state index contributed by atoms with van der Waals surface area (Å²) in [4.78, 5) is 0. The first-order valence-corrected chi connectivity index (χ1v) is 6.47. The summed E-state index contributed by atoms with van der Waals surface area (Å²) in [6.45, 7) is 1.75. The van der Waals surface area contributed by atoms with Crippen molar-refractivity contribution in [3.05, 3.63) is 56.7 Å². The summed E-state index contributed by atoms with van der Waals surface area (Å²) < 4.78 is 0. The van der Waals surface area contributed by atoms with Crippen molar-refractivity contribution in [3.8, 4) is 6.07 Å². The minimum Gasteiger partial charge on any atom is -0.370 e. The van der Waals surface area contributed by atoms with E-state index >= 15 is 0 Å². The topological polar surface area (TPSA) is 56.0 Å². The van der Waals surface area contributed by atoms with Crippen molar-refractivity contribution in [2.75, 3.05) is 0 Å². The highest BCUT2D eigenvalue weighted by molar-refractivity contribution is 6.36. The van der Waals surface area contributed by atoms with Crippen molar-refractivity contribution < 1.29 is 5.11 Å². The highest BCUT2D eigenvalue weighted by Gasteiger charge is 2.20. The Morgan fingerprint density at radius 2 is 2.00 bits per heavy atom. The van der Waals surface area contributed by atoms with Crippen LogP contribution in [0.2, 0.25) is 10.0 Å². The number of aliphatic hydroxyl groups excluding tert-OH is 1. The first-order chi connectivity index (χ1) is 9.02. The van der Waals surface area contributed by atoms with E-state index in [2.05, 4.69) is 11.4 Å². The predicted octanol–water partition coefficient (Wildman–Crippen LogP) is 3.18. The van der Waals surface area contributed by atoms with E-state index in [4.69, 9.17) is 28.5 Å². The maximum absolute atomic E-state index is 9.99. The summed E-state index contributed by atoms with van der Waals surface area (Å²) in [6, 6.07) is 7.35. The Bertz CT molecular complexity index is 594. The van der Waals surface area contributed by atoms with Gasteiger partial charge in [-0.15, -0.1) is 0 Å². The van der Waals surface area contributed by atoms with Crippen molar-refractivity contribution in [1.29, 1.82) is 5.26 Å². The molecule has 2 rings (SSSR count). The summed E-state index contributed by atoms with van der Waals surface area (Å²) in [5, 5.41) is 22.9. The molecule has 0 saturated heterocycles. The molecule has 1 aromatic rings. The molecule has 1 atom stereocenters. The van der Waals surface area contributed by atoms with Gasteiger partial charge in [-0.1, -0.05) is 29.3 Å². The average Bonchev–Trinajstić information content (AvgIpc) is 2.36. The molecule has 0 aromatic heterocycles. The van der Waals surface area contributed by atoms with Crippen molar-refractivity contribution in [2.24, 2.45) is 0 Å². The molecule has 0 saturated carbocycles. The fourth-order valence-corrected chi connectivity index (χ4v) is 2.45. The van der Waals surface area contributed by atoms with Gasteiger partial charge in [-0.2, -0.15) is 5.26 Å². The van der Waals surface area contributed by atoms with Crippen LogP contribution in [0.3, 0.4) is 0 Å². The lowest BCUT2D eigenvalue weighted by Gasteiger charge is -2.23. The molecule has 1 aliphatic heterocycles. The Balaban J connectivity index is 2.36.